The summed E-state index contributed by atoms with van der Waals surface area (Å²) in [6.07, 6.45) is 4.56. The van der Waals surface area contributed by atoms with E-state index in [4.69, 9.17) is 9.68 Å². The number of hydrogen-bond acceptors (Lipinski definition) is 4. The molecule has 6 nitrogen and oxygen atoms in total. The molecule has 2 aromatic carbocycles. The van der Waals surface area contributed by atoms with Gasteiger partial charge in [-0.25, -0.2) is 0 Å². The second-order valence-corrected chi connectivity index (χ2v) is 7.22. The number of para-hydroxylation sites is 1. The molecule has 3 aromatic rings. The Hall–Kier alpha value is -3.63. The van der Waals surface area contributed by atoms with Gasteiger partial charge in [0, 0.05) is 10.5 Å². The van der Waals surface area contributed by atoms with Crippen LogP contribution in [0.15, 0.2) is 81.9 Å². The summed E-state index contributed by atoms with van der Waals surface area (Å²) in [5.41, 5.74) is 1.95. The molecule has 0 saturated carbocycles. The number of rotatable bonds is 7. The second-order valence-electron chi connectivity index (χ2n) is 6.37. The molecule has 2 amide bonds. The van der Waals surface area contributed by atoms with Crippen LogP contribution in [0.25, 0.3) is 6.08 Å². The fraction of sp³-hybridized carbons (Fsp3) is 0.0870. The van der Waals surface area contributed by atoms with Gasteiger partial charge < -0.3 is 14.6 Å². The van der Waals surface area contributed by atoms with Gasteiger partial charge in [-0.1, -0.05) is 24.3 Å². The van der Waals surface area contributed by atoms with Crippen molar-refractivity contribution in [3.05, 3.63) is 94.4 Å². The van der Waals surface area contributed by atoms with E-state index in [1.807, 2.05) is 24.3 Å². The van der Waals surface area contributed by atoms with Crippen molar-refractivity contribution < 1.29 is 14.0 Å². The van der Waals surface area contributed by atoms with Crippen molar-refractivity contribution in [1.82, 2.24) is 4.90 Å². The van der Waals surface area contributed by atoms with E-state index < -0.39 is 0 Å². The summed E-state index contributed by atoms with van der Waals surface area (Å²) >= 11 is 3.39. The maximum Gasteiger partial charge on any atom is 0.247 e. The van der Waals surface area contributed by atoms with Crippen molar-refractivity contribution in [3.8, 4) is 6.07 Å². The molecule has 7 heteroatoms. The highest BCUT2D eigenvalue weighted by Crippen LogP contribution is 2.21. The third kappa shape index (κ3) is 5.93. The summed E-state index contributed by atoms with van der Waals surface area (Å²) in [5, 5.41) is 11.7. The van der Waals surface area contributed by atoms with E-state index in [2.05, 4.69) is 21.2 Å². The van der Waals surface area contributed by atoms with Crippen molar-refractivity contribution in [3.63, 3.8) is 0 Å². The summed E-state index contributed by atoms with van der Waals surface area (Å²) < 4.78 is 6.09. The van der Waals surface area contributed by atoms with Crippen LogP contribution in [0.1, 0.15) is 16.9 Å². The van der Waals surface area contributed by atoms with Crippen LogP contribution in [0.5, 0.6) is 0 Å². The molecule has 1 heterocycles. The average Bonchev–Trinajstić information content (AvgIpc) is 3.27. The molecule has 1 aromatic heterocycles. The SMILES string of the molecule is N#Cc1ccc(/C=C/C(=O)N(CC(=O)Nc2ccccc2Br)Cc2ccco2)cc1. The van der Waals surface area contributed by atoms with Crippen molar-refractivity contribution in [1.29, 1.82) is 5.26 Å². The fourth-order valence-electron chi connectivity index (χ4n) is 2.67. The van der Waals surface area contributed by atoms with Gasteiger partial charge in [0.25, 0.3) is 0 Å². The molecule has 0 saturated heterocycles. The van der Waals surface area contributed by atoms with Gasteiger partial charge in [0.2, 0.25) is 11.8 Å². The number of benzene rings is 2. The van der Waals surface area contributed by atoms with Gasteiger partial charge in [-0.2, -0.15) is 5.26 Å². The Labute approximate surface area is 182 Å². The van der Waals surface area contributed by atoms with Gasteiger partial charge in [0.05, 0.1) is 30.1 Å². The van der Waals surface area contributed by atoms with E-state index in [-0.39, 0.29) is 24.9 Å². The Morgan fingerprint density at radius 2 is 1.87 bits per heavy atom. The van der Waals surface area contributed by atoms with Crippen LogP contribution < -0.4 is 5.32 Å². The molecule has 3 rings (SSSR count). The van der Waals surface area contributed by atoms with Crippen LogP contribution in [-0.2, 0) is 16.1 Å². The molecule has 0 aliphatic carbocycles. The number of amides is 2. The lowest BCUT2D eigenvalue weighted by molar-refractivity contribution is -0.131. The Kier molecular flexibility index (Phi) is 7.19. The van der Waals surface area contributed by atoms with Crippen LogP contribution >= 0.6 is 15.9 Å². The van der Waals surface area contributed by atoms with Crippen LogP contribution in [0.2, 0.25) is 0 Å². The number of nitrogens with one attached hydrogen (secondary N) is 1. The number of furan rings is 1. The van der Waals surface area contributed by atoms with Crippen LogP contribution in [-0.4, -0.2) is 23.3 Å². The Morgan fingerprint density at radius 3 is 2.53 bits per heavy atom. The number of anilines is 1. The predicted octanol–water partition coefficient (Wildman–Crippen LogP) is 4.59. The van der Waals surface area contributed by atoms with Crippen LogP contribution in [0.4, 0.5) is 5.69 Å². The third-order valence-electron chi connectivity index (χ3n) is 4.18. The van der Waals surface area contributed by atoms with E-state index in [1.165, 1.54) is 17.2 Å². The first-order valence-corrected chi connectivity index (χ1v) is 9.88. The van der Waals surface area contributed by atoms with Crippen molar-refractivity contribution >= 4 is 39.5 Å². The van der Waals surface area contributed by atoms with Gasteiger partial charge in [0.15, 0.2) is 0 Å². The Balaban J connectivity index is 1.71. The summed E-state index contributed by atoms with van der Waals surface area (Å²) in [7, 11) is 0. The highest BCUT2D eigenvalue weighted by Gasteiger charge is 2.17. The molecule has 0 fully saturated rings. The maximum atomic E-state index is 12.8. The first-order valence-electron chi connectivity index (χ1n) is 9.09. The monoisotopic (exact) mass is 463 g/mol. The molecule has 0 aliphatic rings. The molecule has 30 heavy (non-hydrogen) atoms. The van der Waals surface area contributed by atoms with Gasteiger partial charge in [-0.15, -0.1) is 0 Å². The molecule has 0 radical (unpaired) electrons. The van der Waals surface area contributed by atoms with E-state index >= 15 is 0 Å². The quantitative estimate of drug-likeness (QED) is 0.518. The standard InChI is InChI=1S/C23H18BrN3O3/c24-20-5-1-2-6-21(20)26-22(28)16-27(15-19-4-3-13-30-19)23(29)12-11-17-7-9-18(14-25)10-8-17/h1-13H,15-16H2,(H,26,28)/b12-11+. The third-order valence-corrected chi connectivity index (χ3v) is 4.87. The van der Waals surface area contributed by atoms with Crippen molar-refractivity contribution in [2.75, 3.05) is 11.9 Å². The molecule has 150 valence electrons. The molecule has 0 unspecified atom stereocenters. The number of nitriles is 1. The summed E-state index contributed by atoms with van der Waals surface area (Å²) in [4.78, 5) is 26.7. The molecule has 0 bridgehead atoms. The lowest BCUT2D eigenvalue weighted by Crippen LogP contribution is -2.36. The normalized spacial score (nSPS) is 10.5. The number of carbonyl (C=O) groups excluding carboxylic acids is 2. The largest absolute Gasteiger partial charge is 0.467 e. The zero-order chi connectivity index (χ0) is 21.3. The predicted molar refractivity (Wildman–Crippen MR) is 117 cm³/mol. The molecular weight excluding hydrogens is 446 g/mol. The zero-order valence-corrected chi connectivity index (χ0v) is 17.5. The highest BCUT2D eigenvalue weighted by molar-refractivity contribution is 9.10. The Morgan fingerprint density at radius 1 is 1.10 bits per heavy atom. The number of carbonyl (C=O) groups is 2. The molecule has 0 atom stereocenters. The molecule has 1 N–H and O–H groups in total. The van der Waals surface area contributed by atoms with Crippen LogP contribution in [0, 0.1) is 11.3 Å². The molecule has 0 spiro atoms. The van der Waals surface area contributed by atoms with Gasteiger partial charge in [-0.3, -0.25) is 9.59 Å². The minimum absolute atomic E-state index is 0.140. The zero-order valence-electron chi connectivity index (χ0n) is 15.9. The summed E-state index contributed by atoms with van der Waals surface area (Å²) in [6, 6.07) is 19.6. The fourth-order valence-corrected chi connectivity index (χ4v) is 3.05. The van der Waals surface area contributed by atoms with E-state index in [9.17, 15) is 9.59 Å². The maximum absolute atomic E-state index is 12.8. The minimum Gasteiger partial charge on any atom is -0.467 e. The minimum atomic E-state index is -0.335. The number of nitrogens with zero attached hydrogens (tertiary/aromatic N) is 2. The van der Waals surface area contributed by atoms with E-state index in [1.54, 1.807) is 48.5 Å². The van der Waals surface area contributed by atoms with E-state index in [0.717, 1.165) is 10.0 Å². The first-order chi connectivity index (χ1) is 14.5. The van der Waals surface area contributed by atoms with Crippen molar-refractivity contribution in [2.45, 2.75) is 6.54 Å². The summed E-state index contributed by atoms with van der Waals surface area (Å²) in [6.45, 7) is 0.0193. The van der Waals surface area contributed by atoms with Gasteiger partial charge >= 0.3 is 0 Å². The number of hydrogen-bond donors (Lipinski definition) is 1. The van der Waals surface area contributed by atoms with Crippen LogP contribution in [0.3, 0.4) is 0 Å². The first kappa shape index (κ1) is 21.1. The average molecular weight is 464 g/mol. The number of halogens is 1. The topological polar surface area (TPSA) is 86.3 Å². The van der Waals surface area contributed by atoms with E-state index in [0.29, 0.717) is 17.0 Å². The smallest absolute Gasteiger partial charge is 0.247 e. The second kappa shape index (κ2) is 10.2. The lowest BCUT2D eigenvalue weighted by atomic mass is 10.1. The van der Waals surface area contributed by atoms with Gasteiger partial charge in [-0.05, 0) is 64.0 Å². The summed E-state index contributed by atoms with van der Waals surface area (Å²) in [5.74, 6) is -0.0876. The van der Waals surface area contributed by atoms with Gasteiger partial charge in [0.1, 0.15) is 12.3 Å². The highest BCUT2D eigenvalue weighted by atomic mass is 79.9. The molecule has 0 aliphatic heterocycles. The lowest BCUT2D eigenvalue weighted by Gasteiger charge is -2.20. The molecular formula is C23H18BrN3O3. The van der Waals surface area contributed by atoms with Crippen molar-refractivity contribution in [2.24, 2.45) is 0 Å². The Bertz CT molecular complexity index is 1080.